The molecule has 0 N–H and O–H groups in total. The van der Waals surface area contributed by atoms with Crippen LogP contribution < -0.4 is 0 Å². The number of hydrogen-bond acceptors (Lipinski definition) is 4. The average Bonchev–Trinajstić information content (AvgIpc) is 4.07. The van der Waals surface area contributed by atoms with Crippen molar-refractivity contribution < 1.29 is 4.42 Å². The summed E-state index contributed by atoms with van der Waals surface area (Å²) < 4.78 is 12.1. The van der Waals surface area contributed by atoms with Crippen molar-refractivity contribution in [1.82, 2.24) is 4.57 Å². The molecule has 0 radical (unpaired) electrons. The Hall–Kier alpha value is -8.38. The van der Waals surface area contributed by atoms with Crippen LogP contribution in [-0.2, 0) is 0 Å². The lowest BCUT2D eigenvalue weighted by Gasteiger charge is -2.19. The summed E-state index contributed by atoms with van der Waals surface area (Å²) >= 11 is 1.83. The number of fused-ring (bicyclic) bond motifs is 12. The highest BCUT2D eigenvalue weighted by Gasteiger charge is 2.26. The van der Waals surface area contributed by atoms with E-state index in [-0.39, 0.29) is 5.92 Å². The van der Waals surface area contributed by atoms with Gasteiger partial charge in [-0.15, -0.1) is 11.3 Å². The highest BCUT2D eigenvalue weighted by Crippen LogP contribution is 2.44. The summed E-state index contributed by atoms with van der Waals surface area (Å²) in [5.74, 6) is 0.745. The lowest BCUT2D eigenvalue weighted by atomic mass is 9.91. The van der Waals surface area contributed by atoms with Gasteiger partial charge >= 0.3 is 0 Å². The molecule has 10 aromatic carbocycles. The number of allylic oxidation sites excluding steroid dienone is 1. The maximum Gasteiger partial charge on any atom is 0.160 e. The maximum absolute atomic E-state index is 7.12. The monoisotopic (exact) mass is 887 g/mol. The zero-order valence-corrected chi connectivity index (χ0v) is 38.0. The second-order valence-electron chi connectivity index (χ2n) is 18.1. The number of furan rings is 1. The van der Waals surface area contributed by atoms with Crippen LogP contribution in [-0.4, -0.2) is 16.1 Å². The number of aromatic nitrogens is 1. The molecule has 4 nitrogen and oxygen atoms in total. The molecule has 0 amide bonds. The molecular formula is C63H41N3OS. The third-order valence-electron chi connectivity index (χ3n) is 14.0. The fraction of sp³-hybridized carbons (Fsp3) is 0.0476. The van der Waals surface area contributed by atoms with E-state index in [4.69, 9.17) is 14.4 Å². The van der Waals surface area contributed by atoms with Crippen molar-refractivity contribution in [2.45, 2.75) is 13.3 Å². The number of hydrogen-bond donors (Lipinski definition) is 0. The lowest BCUT2D eigenvalue weighted by molar-refractivity contribution is 0.666. The Balaban J connectivity index is 1.04. The molecule has 1 atom stereocenters. The largest absolute Gasteiger partial charge is 0.454 e. The normalized spacial score (nSPS) is 15.4. The zero-order valence-electron chi connectivity index (χ0n) is 37.1. The van der Waals surface area contributed by atoms with Gasteiger partial charge in [0, 0.05) is 58.8 Å². The van der Waals surface area contributed by atoms with Crippen LogP contribution in [0.25, 0.3) is 108 Å². The predicted molar refractivity (Wildman–Crippen MR) is 289 cm³/mol. The molecule has 1 aliphatic heterocycles. The van der Waals surface area contributed by atoms with Crippen LogP contribution >= 0.6 is 11.3 Å². The molecule has 68 heavy (non-hydrogen) atoms. The van der Waals surface area contributed by atoms with Crippen LogP contribution in [0.3, 0.4) is 0 Å². The minimum atomic E-state index is 0.0905. The second-order valence-corrected chi connectivity index (χ2v) is 19.2. The van der Waals surface area contributed by atoms with Gasteiger partial charge in [-0.2, -0.15) is 0 Å². The molecule has 0 saturated carbocycles. The summed E-state index contributed by atoms with van der Waals surface area (Å²) in [6.07, 6.45) is 3.10. The standard InChI is InChI=1S/C63H41N3OS/c1-38-26-31-52(44-27-29-48-47-22-10-12-25-57(47)68-58(48)37-44)64-63(65-61(38)45-20-13-19-41(34-45)39-14-3-2-4-15-39)50-30-33-54(62-60(50)49-23-9-11-24-56(49)67-62)66-53-32-28-40-16-7-8-21-46(40)59(53)51-35-42-17-5-6-18-43(42)36-55(51)66/h2-25,27-38H,26H2,1H3/b52-31+,64-63?,65-61?. The van der Waals surface area contributed by atoms with Gasteiger partial charge in [0.05, 0.1) is 28.1 Å². The number of para-hydroxylation sites is 1. The Labute approximate surface area is 396 Å². The SMILES string of the molecule is CC1C/C=C(\c2ccc3c(c2)sc2ccccc23)N=C(c2ccc(-n3c4cc5ccccc5cc4c4c5ccccc5ccc43)c3oc4ccccc4c23)N=C1c1cccc(-c2ccccc2)c1. The van der Waals surface area contributed by atoms with Crippen molar-refractivity contribution in [2.24, 2.45) is 15.9 Å². The van der Waals surface area contributed by atoms with E-state index in [1.165, 1.54) is 58.1 Å². The van der Waals surface area contributed by atoms with Crippen LogP contribution in [0, 0.1) is 5.92 Å². The van der Waals surface area contributed by atoms with Crippen LogP contribution in [0.15, 0.2) is 227 Å². The number of thiophene rings is 1. The Bertz CT molecular complexity index is 4310. The molecule has 4 heterocycles. The first-order valence-electron chi connectivity index (χ1n) is 23.4. The van der Waals surface area contributed by atoms with E-state index in [9.17, 15) is 0 Å². The second kappa shape index (κ2) is 15.3. The van der Waals surface area contributed by atoms with Gasteiger partial charge in [-0.05, 0) is 99.3 Å². The predicted octanol–water partition coefficient (Wildman–Crippen LogP) is 17.3. The molecule has 0 fully saturated rings. The van der Waals surface area contributed by atoms with E-state index >= 15 is 0 Å². The molecule has 320 valence electrons. The molecule has 0 bridgehead atoms. The minimum absolute atomic E-state index is 0.0905. The Morgan fingerprint density at radius 3 is 2.09 bits per heavy atom. The van der Waals surface area contributed by atoms with E-state index in [2.05, 4.69) is 224 Å². The summed E-state index contributed by atoms with van der Waals surface area (Å²) in [7, 11) is 0. The smallest absolute Gasteiger partial charge is 0.160 e. The fourth-order valence-corrected chi connectivity index (χ4v) is 11.9. The van der Waals surface area contributed by atoms with E-state index in [0.29, 0.717) is 5.84 Å². The quantitative estimate of drug-likeness (QED) is 0.170. The third-order valence-corrected chi connectivity index (χ3v) is 15.2. The van der Waals surface area contributed by atoms with Crippen LogP contribution in [0.2, 0.25) is 0 Å². The molecule has 1 unspecified atom stereocenters. The Morgan fingerprint density at radius 2 is 1.21 bits per heavy atom. The number of benzene rings is 10. The number of nitrogens with zero attached hydrogens (tertiary/aromatic N) is 3. The zero-order chi connectivity index (χ0) is 44.9. The van der Waals surface area contributed by atoms with Crippen LogP contribution in [0.1, 0.15) is 30.0 Å². The molecule has 5 heteroatoms. The van der Waals surface area contributed by atoms with E-state index in [1.54, 1.807) is 0 Å². The third kappa shape index (κ3) is 6.13. The van der Waals surface area contributed by atoms with Gasteiger partial charge in [-0.25, -0.2) is 9.98 Å². The fourth-order valence-electron chi connectivity index (χ4n) is 10.7. The summed E-state index contributed by atoms with van der Waals surface area (Å²) in [4.78, 5) is 11.4. The molecule has 0 aliphatic carbocycles. The minimum Gasteiger partial charge on any atom is -0.454 e. The van der Waals surface area contributed by atoms with Gasteiger partial charge < -0.3 is 8.98 Å². The van der Waals surface area contributed by atoms with Crippen LogP contribution in [0.4, 0.5) is 0 Å². The van der Waals surface area contributed by atoms with Gasteiger partial charge in [-0.1, -0.05) is 165 Å². The maximum atomic E-state index is 7.12. The van der Waals surface area contributed by atoms with Crippen molar-refractivity contribution in [3.63, 3.8) is 0 Å². The number of rotatable bonds is 5. The highest BCUT2D eigenvalue weighted by molar-refractivity contribution is 7.25. The summed E-state index contributed by atoms with van der Waals surface area (Å²) in [5.41, 5.74) is 12.2. The van der Waals surface area contributed by atoms with E-state index in [1.807, 2.05) is 11.3 Å². The summed E-state index contributed by atoms with van der Waals surface area (Å²) in [6.45, 7) is 2.29. The van der Waals surface area contributed by atoms with Gasteiger partial charge in [0.15, 0.2) is 11.4 Å². The molecular weight excluding hydrogens is 847 g/mol. The van der Waals surface area contributed by atoms with Crippen molar-refractivity contribution in [3.05, 3.63) is 229 Å². The number of amidine groups is 1. The van der Waals surface area contributed by atoms with Crippen LogP contribution in [0.5, 0.6) is 0 Å². The highest BCUT2D eigenvalue weighted by atomic mass is 32.1. The molecule has 0 saturated heterocycles. The van der Waals surface area contributed by atoms with Gasteiger partial charge in [0.1, 0.15) is 5.58 Å². The van der Waals surface area contributed by atoms with E-state index in [0.717, 1.165) is 78.7 Å². The Kier molecular flexibility index (Phi) is 8.77. The lowest BCUT2D eigenvalue weighted by Crippen LogP contribution is -2.17. The average molecular weight is 888 g/mol. The van der Waals surface area contributed by atoms with Crippen molar-refractivity contribution in [2.75, 3.05) is 0 Å². The molecule has 13 aromatic rings. The molecule has 1 aliphatic rings. The summed E-state index contributed by atoms with van der Waals surface area (Å²) in [5, 5.41) is 11.8. The molecule has 14 rings (SSSR count). The number of aliphatic imine (C=N–C) groups is 2. The topological polar surface area (TPSA) is 42.8 Å². The Morgan fingerprint density at radius 1 is 0.485 bits per heavy atom. The molecule has 0 spiro atoms. The summed E-state index contributed by atoms with van der Waals surface area (Å²) in [6, 6.07) is 74.4. The first-order valence-corrected chi connectivity index (χ1v) is 24.2. The first kappa shape index (κ1) is 38.8. The first-order chi connectivity index (χ1) is 33.6. The van der Waals surface area contributed by atoms with Gasteiger partial charge in [0.2, 0.25) is 0 Å². The molecule has 3 aromatic heterocycles. The van der Waals surface area contributed by atoms with Crippen molar-refractivity contribution in [1.29, 1.82) is 0 Å². The van der Waals surface area contributed by atoms with E-state index < -0.39 is 0 Å². The van der Waals surface area contributed by atoms with Crippen molar-refractivity contribution in [3.8, 4) is 16.8 Å². The van der Waals surface area contributed by atoms with Gasteiger partial charge in [0.25, 0.3) is 0 Å². The van der Waals surface area contributed by atoms with Crippen molar-refractivity contribution >= 4 is 114 Å². The van der Waals surface area contributed by atoms with Gasteiger partial charge in [-0.3, -0.25) is 0 Å².